The number of alkyl halides is 3. The Kier molecular flexibility index (Phi) is 15.2. The predicted molar refractivity (Wildman–Crippen MR) is 155 cm³/mol. The lowest BCUT2D eigenvalue weighted by Crippen LogP contribution is -2.21. The van der Waals surface area contributed by atoms with Crippen LogP contribution in [0.25, 0.3) is 0 Å². The third kappa shape index (κ3) is 12.8. The average Bonchev–Trinajstić information content (AvgIpc) is 2.93. The Hall–Kier alpha value is -2.49. The minimum Gasteiger partial charge on any atom is -0.741 e. The average molecular weight is 597 g/mol. The Labute approximate surface area is 240 Å². The molecule has 0 aromatic heterocycles. The van der Waals surface area contributed by atoms with E-state index in [9.17, 15) is 13.2 Å². The summed E-state index contributed by atoms with van der Waals surface area (Å²) in [5.41, 5.74) is -5.65. The normalized spacial score (nSPS) is 11.7. The molecule has 0 radical (unpaired) electrons. The quantitative estimate of drug-likeness (QED) is 0.0759. The van der Waals surface area contributed by atoms with Crippen LogP contribution in [0.2, 0.25) is 0 Å². The van der Waals surface area contributed by atoms with E-state index in [0.29, 0.717) is 0 Å². The van der Waals surface area contributed by atoms with E-state index in [1.54, 1.807) is 0 Å². The Bertz CT molecular complexity index is 1130. The highest BCUT2D eigenvalue weighted by Gasteiger charge is 2.37. The summed E-state index contributed by atoms with van der Waals surface area (Å²) in [4.78, 5) is 4.02. The van der Waals surface area contributed by atoms with Gasteiger partial charge in [-0.15, -0.1) is 0 Å². The van der Waals surface area contributed by atoms with E-state index in [2.05, 4.69) is 91.9 Å². The minimum atomic E-state index is -6.09. The zero-order valence-corrected chi connectivity index (χ0v) is 24.6. The second-order valence-electron chi connectivity index (χ2n) is 9.33. The number of hydrogen-bond donors (Lipinski definition) is 0. The molecule has 0 saturated heterocycles. The molecule has 40 heavy (non-hydrogen) atoms. The molecule has 0 spiro atoms. The third-order valence-electron chi connectivity index (χ3n) is 6.07. The van der Waals surface area contributed by atoms with Gasteiger partial charge in [0.25, 0.3) is 0 Å². The van der Waals surface area contributed by atoms with Crippen LogP contribution in [0.4, 0.5) is 13.2 Å². The molecule has 0 saturated carbocycles. The van der Waals surface area contributed by atoms with Gasteiger partial charge in [-0.1, -0.05) is 101 Å². The summed E-state index contributed by atoms with van der Waals surface area (Å²) in [7, 11) is -6.18. The molecule has 0 bridgehead atoms. The number of rotatable bonds is 15. The van der Waals surface area contributed by atoms with Crippen molar-refractivity contribution in [3.05, 3.63) is 84.9 Å². The molecule has 4 nitrogen and oxygen atoms in total. The molecule has 3 rings (SSSR count). The molecule has 0 N–H and O–H groups in total. The molecule has 3 aromatic rings. The first-order valence-corrected chi connectivity index (χ1v) is 16.4. The van der Waals surface area contributed by atoms with E-state index in [0.717, 1.165) is 18.8 Å². The summed E-state index contributed by atoms with van der Waals surface area (Å²) < 4.78 is 64.9. The van der Waals surface area contributed by atoms with Gasteiger partial charge in [0.2, 0.25) is 0 Å². The van der Waals surface area contributed by atoms with Crippen LogP contribution in [0, 0.1) is 0 Å². The lowest BCUT2D eigenvalue weighted by molar-refractivity contribution is -0.0517. The van der Waals surface area contributed by atoms with Gasteiger partial charge in [0.15, 0.2) is 24.8 Å². The third-order valence-corrected chi connectivity index (χ3v) is 8.86. The smallest absolute Gasteiger partial charge is 0.485 e. The number of unbranched alkanes of at least 4 members (excludes halogenated alkanes) is 9. The minimum absolute atomic E-state index is 0.0938. The van der Waals surface area contributed by atoms with Crippen LogP contribution >= 0.6 is 0 Å². The van der Waals surface area contributed by atoms with Gasteiger partial charge in [-0.3, -0.25) is 0 Å². The maximum Gasteiger partial charge on any atom is 0.485 e. The van der Waals surface area contributed by atoms with Crippen LogP contribution in [-0.2, 0) is 21.0 Å². The van der Waals surface area contributed by atoms with Crippen molar-refractivity contribution in [2.45, 2.75) is 91.3 Å². The van der Waals surface area contributed by atoms with Gasteiger partial charge in [0.05, 0.1) is 17.5 Å². The van der Waals surface area contributed by atoms with Crippen molar-refractivity contribution in [1.82, 2.24) is 0 Å². The molecule has 9 heteroatoms. The molecule has 3 aromatic carbocycles. The zero-order chi connectivity index (χ0) is 29.3. The largest absolute Gasteiger partial charge is 0.741 e. The topological polar surface area (TPSA) is 66.4 Å². The van der Waals surface area contributed by atoms with Gasteiger partial charge in [-0.05, 0) is 55.0 Å². The van der Waals surface area contributed by atoms with Crippen molar-refractivity contribution >= 4 is 21.0 Å². The highest BCUT2D eigenvalue weighted by molar-refractivity contribution is 7.97. The Morgan fingerprint density at radius 3 is 1.43 bits per heavy atom. The first-order chi connectivity index (χ1) is 19.1. The van der Waals surface area contributed by atoms with Crippen LogP contribution in [0.1, 0.15) is 71.1 Å². The van der Waals surface area contributed by atoms with Crippen molar-refractivity contribution in [2.75, 3.05) is 6.61 Å². The van der Waals surface area contributed by atoms with Crippen molar-refractivity contribution in [3.63, 3.8) is 0 Å². The lowest BCUT2D eigenvalue weighted by atomic mass is 10.1. The molecule has 0 fully saturated rings. The molecular weight excluding hydrogens is 557 g/mol. The van der Waals surface area contributed by atoms with E-state index >= 15 is 0 Å². The maximum atomic E-state index is 10.7. The highest BCUT2D eigenvalue weighted by atomic mass is 32.2. The highest BCUT2D eigenvalue weighted by Crippen LogP contribution is 2.32. The van der Waals surface area contributed by atoms with Gasteiger partial charge < -0.3 is 9.29 Å². The van der Waals surface area contributed by atoms with E-state index in [-0.39, 0.29) is 10.9 Å². The van der Waals surface area contributed by atoms with E-state index in [1.165, 1.54) is 72.5 Å². The molecule has 0 unspecified atom stereocenters. The Morgan fingerprint density at radius 1 is 0.650 bits per heavy atom. The standard InChI is InChI=1S/C30H39OS.CHF3O3S/c1-2-3-4-5-6-7-8-9-10-17-26-31-27-22-24-30(25-23-27)32(28-18-13-11-14-19-28)29-20-15-12-16-21-29;2-1(3,4)8(5,6)7/h11-16,18-25H,2-10,17,26H2,1H3;(H,5,6,7)/q+1;/p-1. The maximum absolute atomic E-state index is 10.7. The fourth-order valence-corrected chi connectivity index (χ4v) is 6.06. The Morgan fingerprint density at radius 2 is 1.02 bits per heavy atom. The molecule has 0 aliphatic rings. The number of ether oxygens (including phenoxy) is 1. The summed E-state index contributed by atoms with van der Waals surface area (Å²) >= 11 is 0. The van der Waals surface area contributed by atoms with Crippen LogP contribution in [0.15, 0.2) is 99.6 Å². The summed E-state index contributed by atoms with van der Waals surface area (Å²) in [5.74, 6) is 0.981. The second-order valence-corrected chi connectivity index (χ2v) is 12.7. The molecular formula is C31H39F3O4S2. The van der Waals surface area contributed by atoms with Crippen molar-refractivity contribution in [1.29, 1.82) is 0 Å². The van der Waals surface area contributed by atoms with Crippen molar-refractivity contribution < 1.29 is 30.9 Å². The van der Waals surface area contributed by atoms with Gasteiger partial charge in [0, 0.05) is 0 Å². The fourth-order valence-electron chi connectivity index (χ4n) is 3.97. The van der Waals surface area contributed by atoms with E-state index in [1.807, 2.05) is 0 Å². The molecule has 0 atom stereocenters. The molecule has 0 aliphatic carbocycles. The van der Waals surface area contributed by atoms with Crippen LogP contribution in [-0.4, -0.2) is 25.1 Å². The van der Waals surface area contributed by atoms with Gasteiger partial charge in [0.1, 0.15) is 5.75 Å². The summed E-state index contributed by atoms with van der Waals surface area (Å²) in [6.07, 6.45) is 13.5. The summed E-state index contributed by atoms with van der Waals surface area (Å²) in [6.45, 7) is 3.10. The van der Waals surface area contributed by atoms with Gasteiger partial charge >= 0.3 is 5.51 Å². The number of hydrogen-bond acceptors (Lipinski definition) is 4. The molecule has 0 aliphatic heterocycles. The van der Waals surface area contributed by atoms with E-state index < -0.39 is 15.6 Å². The molecule has 0 amide bonds. The zero-order valence-electron chi connectivity index (χ0n) is 22.9. The lowest BCUT2D eigenvalue weighted by Gasteiger charge is -2.10. The first-order valence-electron chi connectivity index (χ1n) is 13.7. The van der Waals surface area contributed by atoms with Crippen LogP contribution < -0.4 is 4.74 Å². The first kappa shape index (κ1) is 33.7. The van der Waals surface area contributed by atoms with Gasteiger partial charge in [-0.2, -0.15) is 13.2 Å². The number of benzene rings is 3. The van der Waals surface area contributed by atoms with Crippen molar-refractivity contribution in [2.24, 2.45) is 0 Å². The van der Waals surface area contributed by atoms with Crippen molar-refractivity contribution in [3.8, 4) is 5.75 Å². The monoisotopic (exact) mass is 596 g/mol. The van der Waals surface area contributed by atoms with Crippen LogP contribution in [0.3, 0.4) is 0 Å². The second kappa shape index (κ2) is 18.0. The molecule has 220 valence electrons. The van der Waals surface area contributed by atoms with Gasteiger partial charge in [-0.25, -0.2) is 8.42 Å². The molecule has 0 heterocycles. The van der Waals surface area contributed by atoms with E-state index in [4.69, 9.17) is 17.7 Å². The Balaban J connectivity index is 0.000000611. The predicted octanol–water partition coefficient (Wildman–Crippen LogP) is 9.13. The summed E-state index contributed by atoms with van der Waals surface area (Å²) in [5, 5.41) is 0. The van der Waals surface area contributed by atoms with Crippen LogP contribution in [0.5, 0.6) is 5.75 Å². The SMILES string of the molecule is CCCCCCCCCCCCOc1ccc([S+](c2ccccc2)c2ccccc2)cc1.O=S(=O)([O-])C(F)(F)F. The number of halogens is 3. The fraction of sp³-hybridized carbons (Fsp3) is 0.419. The summed E-state index contributed by atoms with van der Waals surface area (Å²) in [6, 6.07) is 30.3.